The number of aryl methyl sites for hydroxylation is 1. The Kier molecular flexibility index (Phi) is 3.40. The highest BCUT2D eigenvalue weighted by Crippen LogP contribution is 2.26. The molecule has 0 atom stereocenters. The maximum Gasteiger partial charge on any atom is 0.174 e. The number of hydrogen-bond acceptors (Lipinski definition) is 6. The van der Waals surface area contributed by atoms with E-state index in [1.807, 2.05) is 19.1 Å². The summed E-state index contributed by atoms with van der Waals surface area (Å²) >= 11 is 3.22. The predicted octanol–water partition coefficient (Wildman–Crippen LogP) is 2.19. The molecule has 80 valence electrons. The van der Waals surface area contributed by atoms with Crippen LogP contribution in [-0.4, -0.2) is 10.2 Å². The van der Waals surface area contributed by atoms with Crippen LogP contribution in [0.15, 0.2) is 20.9 Å². The summed E-state index contributed by atoms with van der Waals surface area (Å²) in [5.41, 5.74) is 5.45. The van der Waals surface area contributed by atoms with Crippen LogP contribution in [0.4, 0.5) is 0 Å². The molecule has 0 spiro atoms. The second kappa shape index (κ2) is 4.78. The molecule has 0 aliphatic carbocycles. The molecular weight excluding hydrogens is 230 g/mol. The van der Waals surface area contributed by atoms with Gasteiger partial charge in [0.1, 0.15) is 16.5 Å². The Bertz CT molecular complexity index is 438. The summed E-state index contributed by atoms with van der Waals surface area (Å²) in [6.45, 7) is 2.39. The molecule has 4 nitrogen and oxygen atoms in total. The van der Waals surface area contributed by atoms with Crippen LogP contribution in [0.25, 0.3) is 0 Å². The third-order valence-electron chi connectivity index (χ3n) is 1.76. The van der Waals surface area contributed by atoms with Gasteiger partial charge in [-0.25, -0.2) is 0 Å². The molecule has 2 heterocycles. The monoisotopic (exact) mass is 241 g/mol. The Hall–Kier alpha value is -0.850. The SMILES string of the molecule is Cc1nnc(SCc2ccc(CN)o2)s1. The summed E-state index contributed by atoms with van der Waals surface area (Å²) in [4.78, 5) is 0. The van der Waals surface area contributed by atoms with Crippen molar-refractivity contribution in [3.05, 3.63) is 28.7 Å². The van der Waals surface area contributed by atoms with Crippen LogP contribution in [0.1, 0.15) is 16.5 Å². The fourth-order valence-electron chi connectivity index (χ4n) is 1.08. The fourth-order valence-corrected chi connectivity index (χ4v) is 2.79. The van der Waals surface area contributed by atoms with Gasteiger partial charge in [0, 0.05) is 0 Å². The zero-order valence-electron chi connectivity index (χ0n) is 8.27. The average Bonchev–Trinajstić information content (AvgIpc) is 2.83. The number of thioether (sulfide) groups is 1. The van der Waals surface area contributed by atoms with Crippen molar-refractivity contribution in [3.63, 3.8) is 0 Å². The van der Waals surface area contributed by atoms with Crippen molar-refractivity contribution in [1.29, 1.82) is 0 Å². The van der Waals surface area contributed by atoms with Gasteiger partial charge >= 0.3 is 0 Å². The van der Waals surface area contributed by atoms with Gasteiger partial charge < -0.3 is 10.2 Å². The lowest BCUT2D eigenvalue weighted by atomic mass is 10.4. The van der Waals surface area contributed by atoms with Crippen molar-refractivity contribution in [1.82, 2.24) is 10.2 Å². The van der Waals surface area contributed by atoms with E-state index in [4.69, 9.17) is 10.2 Å². The molecule has 2 aromatic heterocycles. The van der Waals surface area contributed by atoms with Gasteiger partial charge in [0.25, 0.3) is 0 Å². The van der Waals surface area contributed by atoms with Crippen LogP contribution in [-0.2, 0) is 12.3 Å². The van der Waals surface area contributed by atoms with Crippen LogP contribution < -0.4 is 5.73 Å². The van der Waals surface area contributed by atoms with E-state index in [9.17, 15) is 0 Å². The molecule has 0 amide bonds. The summed E-state index contributed by atoms with van der Waals surface area (Å²) in [6, 6.07) is 3.85. The van der Waals surface area contributed by atoms with E-state index in [2.05, 4.69) is 10.2 Å². The second-order valence-electron chi connectivity index (χ2n) is 2.95. The number of hydrogen-bond donors (Lipinski definition) is 1. The molecular formula is C9H11N3OS2. The zero-order valence-corrected chi connectivity index (χ0v) is 9.90. The summed E-state index contributed by atoms with van der Waals surface area (Å²) in [5.74, 6) is 2.52. The summed E-state index contributed by atoms with van der Waals surface area (Å²) < 4.78 is 6.44. The quantitative estimate of drug-likeness (QED) is 0.831. The zero-order chi connectivity index (χ0) is 10.7. The van der Waals surface area contributed by atoms with Crippen molar-refractivity contribution >= 4 is 23.1 Å². The van der Waals surface area contributed by atoms with Gasteiger partial charge in [-0.15, -0.1) is 10.2 Å². The van der Waals surface area contributed by atoms with E-state index >= 15 is 0 Å². The molecule has 0 bridgehead atoms. The molecule has 6 heteroatoms. The van der Waals surface area contributed by atoms with E-state index in [1.165, 1.54) is 0 Å². The normalized spacial score (nSPS) is 10.8. The van der Waals surface area contributed by atoms with Gasteiger partial charge in [-0.05, 0) is 19.1 Å². The van der Waals surface area contributed by atoms with Crippen LogP contribution in [0.2, 0.25) is 0 Å². The van der Waals surface area contributed by atoms with E-state index in [0.717, 1.165) is 26.6 Å². The number of furan rings is 1. The van der Waals surface area contributed by atoms with E-state index in [1.54, 1.807) is 23.1 Å². The maximum atomic E-state index is 5.47. The highest BCUT2D eigenvalue weighted by molar-refractivity contribution is 8.00. The lowest BCUT2D eigenvalue weighted by Gasteiger charge is -1.93. The van der Waals surface area contributed by atoms with E-state index in [0.29, 0.717) is 6.54 Å². The van der Waals surface area contributed by atoms with Gasteiger partial charge in [-0.3, -0.25) is 0 Å². The van der Waals surface area contributed by atoms with Gasteiger partial charge in [-0.2, -0.15) is 0 Å². The average molecular weight is 241 g/mol. The molecule has 0 fully saturated rings. The van der Waals surface area contributed by atoms with E-state index in [-0.39, 0.29) is 0 Å². The molecule has 0 radical (unpaired) electrons. The van der Waals surface area contributed by atoms with Crippen molar-refractivity contribution < 1.29 is 4.42 Å². The molecule has 15 heavy (non-hydrogen) atoms. The van der Waals surface area contributed by atoms with Gasteiger partial charge in [0.05, 0.1) is 12.3 Å². The third-order valence-corrected chi connectivity index (χ3v) is 3.76. The predicted molar refractivity (Wildman–Crippen MR) is 60.8 cm³/mol. The van der Waals surface area contributed by atoms with Gasteiger partial charge in [0.15, 0.2) is 4.34 Å². The second-order valence-corrected chi connectivity index (χ2v) is 5.35. The number of aromatic nitrogens is 2. The van der Waals surface area contributed by atoms with Crippen molar-refractivity contribution in [2.45, 2.75) is 23.6 Å². The van der Waals surface area contributed by atoms with Crippen LogP contribution in [0.3, 0.4) is 0 Å². The standard InChI is InChI=1S/C9H11N3OS2/c1-6-11-12-9(15-6)14-5-8-3-2-7(4-10)13-8/h2-3H,4-5,10H2,1H3. The van der Waals surface area contributed by atoms with Crippen LogP contribution >= 0.6 is 23.1 Å². The number of nitrogens with two attached hydrogens (primary N) is 1. The molecule has 2 rings (SSSR count). The molecule has 0 aliphatic heterocycles. The lowest BCUT2D eigenvalue weighted by Crippen LogP contribution is -1.92. The first-order valence-electron chi connectivity index (χ1n) is 4.48. The maximum absolute atomic E-state index is 5.47. The fraction of sp³-hybridized carbons (Fsp3) is 0.333. The minimum atomic E-state index is 0.447. The highest BCUT2D eigenvalue weighted by Gasteiger charge is 2.04. The third kappa shape index (κ3) is 2.80. The Morgan fingerprint density at radius 3 is 2.80 bits per heavy atom. The summed E-state index contributed by atoms with van der Waals surface area (Å²) in [7, 11) is 0. The molecule has 0 aliphatic rings. The summed E-state index contributed by atoms with van der Waals surface area (Å²) in [6.07, 6.45) is 0. The summed E-state index contributed by atoms with van der Waals surface area (Å²) in [5, 5.41) is 8.96. The first-order valence-corrected chi connectivity index (χ1v) is 6.28. The molecule has 0 saturated carbocycles. The largest absolute Gasteiger partial charge is 0.464 e. The van der Waals surface area contributed by atoms with E-state index < -0.39 is 0 Å². The number of nitrogens with zero attached hydrogens (tertiary/aromatic N) is 2. The van der Waals surface area contributed by atoms with Gasteiger partial charge in [0.2, 0.25) is 0 Å². The van der Waals surface area contributed by atoms with Crippen LogP contribution in [0.5, 0.6) is 0 Å². The Morgan fingerprint density at radius 1 is 1.40 bits per heavy atom. The Morgan fingerprint density at radius 2 is 2.20 bits per heavy atom. The molecule has 2 N–H and O–H groups in total. The van der Waals surface area contributed by atoms with Crippen molar-refractivity contribution in [2.24, 2.45) is 5.73 Å². The topological polar surface area (TPSA) is 64.9 Å². The lowest BCUT2D eigenvalue weighted by molar-refractivity contribution is 0.482. The molecule has 0 aromatic carbocycles. The molecule has 0 unspecified atom stereocenters. The Balaban J connectivity index is 1.93. The smallest absolute Gasteiger partial charge is 0.174 e. The van der Waals surface area contributed by atoms with Crippen molar-refractivity contribution in [3.8, 4) is 0 Å². The van der Waals surface area contributed by atoms with Gasteiger partial charge in [-0.1, -0.05) is 23.1 Å². The molecule has 0 saturated heterocycles. The minimum Gasteiger partial charge on any atom is -0.464 e. The van der Waals surface area contributed by atoms with Crippen molar-refractivity contribution in [2.75, 3.05) is 0 Å². The first kappa shape index (κ1) is 10.7. The Labute approximate surface area is 95.9 Å². The first-order chi connectivity index (χ1) is 7.28. The molecule has 2 aromatic rings. The highest BCUT2D eigenvalue weighted by atomic mass is 32.2. The van der Waals surface area contributed by atoms with Crippen LogP contribution in [0, 0.1) is 6.92 Å². The number of rotatable bonds is 4. The minimum absolute atomic E-state index is 0.447.